The van der Waals surface area contributed by atoms with Gasteiger partial charge in [0.25, 0.3) is 10.0 Å². The van der Waals surface area contributed by atoms with Crippen molar-refractivity contribution in [3.05, 3.63) is 57.0 Å². The highest BCUT2D eigenvalue weighted by Crippen LogP contribution is 2.35. The molecule has 0 radical (unpaired) electrons. The van der Waals surface area contributed by atoms with E-state index < -0.39 is 21.3 Å². The average molecular weight is 441 g/mol. The molecule has 25 heavy (non-hydrogen) atoms. The minimum absolute atomic E-state index is 0.0247. The molecule has 9 heteroatoms. The van der Waals surface area contributed by atoms with Crippen LogP contribution in [0.5, 0.6) is 0 Å². The fourth-order valence-corrected chi connectivity index (χ4v) is 5.00. The number of nitrogens with zero attached hydrogens (tertiary/aromatic N) is 1. The second-order valence-electron chi connectivity index (χ2n) is 5.24. The predicted molar refractivity (Wildman–Crippen MR) is 103 cm³/mol. The van der Waals surface area contributed by atoms with Crippen LogP contribution >= 0.6 is 46.4 Å². The normalized spacial score (nSPS) is 12.7. The van der Waals surface area contributed by atoms with Gasteiger partial charge in [0.1, 0.15) is 10.9 Å². The fraction of sp³-hybridized carbons (Fsp3) is 0.188. The van der Waals surface area contributed by atoms with Crippen molar-refractivity contribution in [2.75, 3.05) is 4.31 Å². The van der Waals surface area contributed by atoms with Crippen LogP contribution in [0.2, 0.25) is 15.1 Å². The van der Waals surface area contributed by atoms with E-state index in [9.17, 15) is 13.2 Å². The number of carbonyl (C=O) groups is 1. The van der Waals surface area contributed by atoms with E-state index in [1.54, 1.807) is 19.1 Å². The topological polar surface area (TPSA) is 54.5 Å². The van der Waals surface area contributed by atoms with Gasteiger partial charge in [-0.2, -0.15) is 0 Å². The molecule has 2 aromatic rings. The summed E-state index contributed by atoms with van der Waals surface area (Å²) in [7, 11) is -4.24. The molecule has 0 bridgehead atoms. The molecule has 0 aliphatic carbocycles. The lowest BCUT2D eigenvalue weighted by Crippen LogP contribution is -2.42. The summed E-state index contributed by atoms with van der Waals surface area (Å²) < 4.78 is 27.4. The van der Waals surface area contributed by atoms with Crippen LogP contribution in [0, 0.1) is 6.92 Å². The molecule has 134 valence electrons. The van der Waals surface area contributed by atoms with E-state index in [0.717, 1.165) is 4.31 Å². The molecule has 0 heterocycles. The highest BCUT2D eigenvalue weighted by Gasteiger charge is 2.35. The van der Waals surface area contributed by atoms with Gasteiger partial charge in [0.2, 0.25) is 5.24 Å². The maximum absolute atomic E-state index is 13.2. The Kier molecular flexibility index (Phi) is 6.28. The lowest BCUT2D eigenvalue weighted by Gasteiger charge is -2.30. The minimum atomic E-state index is -4.24. The second kappa shape index (κ2) is 7.72. The molecule has 1 unspecified atom stereocenters. The van der Waals surface area contributed by atoms with Crippen LogP contribution in [0.15, 0.2) is 41.3 Å². The second-order valence-corrected chi connectivity index (χ2v) is 8.65. The van der Waals surface area contributed by atoms with Gasteiger partial charge in [-0.1, -0.05) is 40.9 Å². The Morgan fingerprint density at radius 1 is 1.08 bits per heavy atom. The first kappa shape index (κ1) is 20.3. The molecule has 0 aliphatic rings. The quantitative estimate of drug-likeness (QED) is 0.592. The Bertz CT molecular complexity index is 931. The van der Waals surface area contributed by atoms with Crippen molar-refractivity contribution in [3.63, 3.8) is 0 Å². The summed E-state index contributed by atoms with van der Waals surface area (Å²) in [6, 6.07) is 7.61. The Hall–Kier alpha value is -0.980. The Balaban J connectivity index is 2.77. The zero-order valence-corrected chi connectivity index (χ0v) is 17.0. The number of halogens is 4. The third-order valence-electron chi connectivity index (χ3n) is 3.59. The van der Waals surface area contributed by atoms with Crippen LogP contribution < -0.4 is 4.31 Å². The zero-order chi connectivity index (χ0) is 18.9. The molecule has 0 saturated carbocycles. The van der Waals surface area contributed by atoms with E-state index in [2.05, 4.69) is 0 Å². The Labute approximate surface area is 166 Å². The molecule has 0 aromatic heterocycles. The van der Waals surface area contributed by atoms with Gasteiger partial charge in [0, 0.05) is 10.0 Å². The maximum Gasteiger partial charge on any atom is 0.266 e. The highest BCUT2D eigenvalue weighted by atomic mass is 35.5. The smallest absolute Gasteiger partial charge is 0.266 e. The van der Waals surface area contributed by atoms with Gasteiger partial charge in [-0.3, -0.25) is 9.10 Å². The molecule has 2 rings (SSSR count). The van der Waals surface area contributed by atoms with E-state index in [-0.39, 0.29) is 20.6 Å². The lowest BCUT2D eigenvalue weighted by molar-refractivity contribution is -0.112. The summed E-state index contributed by atoms with van der Waals surface area (Å²) in [6.45, 7) is 3.02. The predicted octanol–water partition coefficient (Wildman–Crippen LogP) is 5.30. The summed E-state index contributed by atoms with van der Waals surface area (Å²) >= 11 is 23.7. The van der Waals surface area contributed by atoms with Crippen LogP contribution in [-0.4, -0.2) is 19.7 Å². The summed E-state index contributed by atoms with van der Waals surface area (Å²) in [6.07, 6.45) is 0. The standard InChI is InChI=1S/C16H13Cl4NO3S/c1-9-12(18)4-3-5-14(9)21(10(2)16(20)22)25(23,24)15-8-11(17)6-7-13(15)19/h3-8,10H,1-2H3. The van der Waals surface area contributed by atoms with Crippen molar-refractivity contribution in [2.24, 2.45) is 0 Å². The van der Waals surface area contributed by atoms with Crippen molar-refractivity contribution >= 4 is 67.4 Å². The summed E-state index contributed by atoms with van der Waals surface area (Å²) in [4.78, 5) is 11.5. The largest absolute Gasteiger partial charge is 0.279 e. The van der Waals surface area contributed by atoms with E-state index in [0.29, 0.717) is 10.6 Å². The lowest BCUT2D eigenvalue weighted by atomic mass is 10.2. The van der Waals surface area contributed by atoms with Gasteiger partial charge >= 0.3 is 0 Å². The van der Waals surface area contributed by atoms with E-state index >= 15 is 0 Å². The number of hydrogen-bond acceptors (Lipinski definition) is 3. The number of carbonyl (C=O) groups excluding carboxylic acids is 1. The van der Waals surface area contributed by atoms with Gasteiger partial charge in [0.05, 0.1) is 10.7 Å². The Morgan fingerprint density at radius 2 is 1.72 bits per heavy atom. The fourth-order valence-electron chi connectivity index (χ4n) is 2.25. The molecule has 0 fully saturated rings. The van der Waals surface area contributed by atoms with Crippen molar-refractivity contribution in [3.8, 4) is 0 Å². The molecule has 1 atom stereocenters. The molecule has 0 saturated heterocycles. The van der Waals surface area contributed by atoms with Crippen molar-refractivity contribution in [1.82, 2.24) is 0 Å². The molecule has 4 nitrogen and oxygen atoms in total. The van der Waals surface area contributed by atoms with Crippen LogP contribution in [0.4, 0.5) is 5.69 Å². The number of hydrogen-bond donors (Lipinski definition) is 0. The third kappa shape index (κ3) is 4.07. The number of benzene rings is 2. The molecule has 0 spiro atoms. The van der Waals surface area contributed by atoms with Gasteiger partial charge in [-0.25, -0.2) is 8.42 Å². The van der Waals surface area contributed by atoms with Crippen LogP contribution in [0.3, 0.4) is 0 Å². The van der Waals surface area contributed by atoms with Crippen LogP contribution in [-0.2, 0) is 14.8 Å². The third-order valence-corrected chi connectivity index (χ3v) is 6.91. The first-order chi connectivity index (χ1) is 11.6. The first-order valence-corrected chi connectivity index (χ1v) is 9.96. The molecule has 0 aliphatic heterocycles. The SMILES string of the molecule is Cc1c(Cl)cccc1N(C(C)C(=O)Cl)S(=O)(=O)c1cc(Cl)ccc1Cl. The van der Waals surface area contributed by atoms with Gasteiger partial charge in [-0.15, -0.1) is 0 Å². The van der Waals surface area contributed by atoms with Crippen molar-refractivity contribution in [1.29, 1.82) is 0 Å². The summed E-state index contributed by atoms with van der Waals surface area (Å²) in [5.41, 5.74) is 0.709. The highest BCUT2D eigenvalue weighted by molar-refractivity contribution is 7.93. The molecular formula is C16H13Cl4NO3S. The van der Waals surface area contributed by atoms with E-state index in [1.807, 2.05) is 0 Å². The molecular weight excluding hydrogens is 428 g/mol. The van der Waals surface area contributed by atoms with Crippen LogP contribution in [0.1, 0.15) is 12.5 Å². The maximum atomic E-state index is 13.2. The molecule has 0 N–H and O–H groups in total. The van der Waals surface area contributed by atoms with Crippen LogP contribution in [0.25, 0.3) is 0 Å². The summed E-state index contributed by atoms with van der Waals surface area (Å²) in [5.74, 6) is 0. The number of anilines is 1. The van der Waals surface area contributed by atoms with Gasteiger partial charge in [-0.05, 0) is 61.3 Å². The zero-order valence-electron chi connectivity index (χ0n) is 13.1. The van der Waals surface area contributed by atoms with Crippen molar-refractivity contribution < 1.29 is 13.2 Å². The van der Waals surface area contributed by atoms with Gasteiger partial charge < -0.3 is 0 Å². The number of sulfonamides is 1. The average Bonchev–Trinajstić information content (AvgIpc) is 2.53. The molecule has 0 amide bonds. The Morgan fingerprint density at radius 3 is 2.32 bits per heavy atom. The monoisotopic (exact) mass is 439 g/mol. The van der Waals surface area contributed by atoms with Gasteiger partial charge in [0.15, 0.2) is 0 Å². The van der Waals surface area contributed by atoms with Crippen molar-refractivity contribution in [2.45, 2.75) is 24.8 Å². The molecule has 2 aromatic carbocycles. The van der Waals surface area contributed by atoms with E-state index in [1.165, 1.54) is 31.2 Å². The van der Waals surface area contributed by atoms with E-state index in [4.69, 9.17) is 46.4 Å². The number of rotatable bonds is 5. The summed E-state index contributed by atoms with van der Waals surface area (Å²) in [5, 5.41) is -0.330. The first-order valence-electron chi connectivity index (χ1n) is 7.01. The minimum Gasteiger partial charge on any atom is -0.279 e.